The number of fused-ring (bicyclic) bond motifs is 1. The van der Waals surface area contributed by atoms with Gasteiger partial charge >= 0.3 is 0 Å². The van der Waals surface area contributed by atoms with Gasteiger partial charge in [0.15, 0.2) is 4.93 Å². The Kier molecular flexibility index (Phi) is 7.00. The van der Waals surface area contributed by atoms with Crippen LogP contribution in [0, 0.1) is 0 Å². The molecule has 1 fully saturated rings. The van der Waals surface area contributed by atoms with Gasteiger partial charge in [0.05, 0.1) is 12.3 Å². The summed E-state index contributed by atoms with van der Waals surface area (Å²) in [6.45, 7) is 0.608. The number of nitrogen functional groups attached to an aromatic ring is 1. The Morgan fingerprint density at radius 1 is 1.04 bits per heavy atom. The van der Waals surface area contributed by atoms with Crippen molar-refractivity contribution in [3.05, 3.63) is 60.4 Å². The SMILES string of the molecule is Cl.Cl.Nc1ccc(-c2ccc(C3(S)CC(N)CCO3)nc2)c2ccccc12. The summed E-state index contributed by atoms with van der Waals surface area (Å²) in [4.78, 5) is 3.92. The molecule has 1 aliphatic heterocycles. The van der Waals surface area contributed by atoms with Crippen molar-refractivity contribution in [2.75, 3.05) is 12.3 Å². The van der Waals surface area contributed by atoms with Gasteiger partial charge in [-0.25, -0.2) is 0 Å². The molecule has 2 heterocycles. The molecule has 0 aliphatic carbocycles. The van der Waals surface area contributed by atoms with Gasteiger partial charge in [-0.2, -0.15) is 0 Å². The first-order valence-corrected chi connectivity index (χ1v) is 8.87. The summed E-state index contributed by atoms with van der Waals surface area (Å²) in [5, 5.41) is 2.17. The molecule has 2 unspecified atom stereocenters. The van der Waals surface area contributed by atoms with Crippen LogP contribution in [0.1, 0.15) is 18.5 Å². The second-order valence-corrected chi connectivity index (χ2v) is 7.29. The first-order chi connectivity index (χ1) is 12.1. The molecule has 7 heteroatoms. The Labute approximate surface area is 176 Å². The summed E-state index contributed by atoms with van der Waals surface area (Å²) in [7, 11) is 0. The Hall–Kier alpha value is -1.50. The lowest BCUT2D eigenvalue weighted by atomic mass is 9.97. The largest absolute Gasteiger partial charge is 0.398 e. The molecule has 0 bridgehead atoms. The maximum Gasteiger partial charge on any atom is 0.154 e. The molecule has 0 spiro atoms. The minimum atomic E-state index is -0.709. The number of thiol groups is 1. The fraction of sp³-hybridized carbons (Fsp3) is 0.250. The summed E-state index contributed by atoms with van der Waals surface area (Å²) in [5.74, 6) is 0. The van der Waals surface area contributed by atoms with Gasteiger partial charge in [-0.3, -0.25) is 4.98 Å². The molecular formula is C20H23Cl2N3OS. The van der Waals surface area contributed by atoms with E-state index in [1.807, 2.05) is 42.6 Å². The molecule has 2 atom stereocenters. The summed E-state index contributed by atoms with van der Waals surface area (Å²) >= 11 is 4.71. The number of hydrogen-bond donors (Lipinski definition) is 3. The van der Waals surface area contributed by atoms with Crippen LogP contribution in [0.3, 0.4) is 0 Å². The Balaban J connectivity index is 0.00000131. The lowest BCUT2D eigenvalue weighted by molar-refractivity contribution is -0.0226. The van der Waals surface area contributed by atoms with Crippen LogP contribution in [-0.4, -0.2) is 17.6 Å². The van der Waals surface area contributed by atoms with Gasteiger partial charge in [-0.1, -0.05) is 36.4 Å². The number of nitrogens with two attached hydrogens (primary N) is 2. The summed E-state index contributed by atoms with van der Waals surface area (Å²) < 4.78 is 5.86. The van der Waals surface area contributed by atoms with Gasteiger partial charge in [-0.05, 0) is 29.5 Å². The molecule has 1 aromatic heterocycles. The van der Waals surface area contributed by atoms with Gasteiger partial charge in [0.1, 0.15) is 0 Å². The van der Waals surface area contributed by atoms with Crippen molar-refractivity contribution in [1.82, 2.24) is 4.98 Å². The van der Waals surface area contributed by atoms with Gasteiger partial charge < -0.3 is 16.2 Å². The number of aromatic nitrogens is 1. The van der Waals surface area contributed by atoms with Gasteiger partial charge in [0, 0.05) is 35.3 Å². The topological polar surface area (TPSA) is 74.2 Å². The van der Waals surface area contributed by atoms with Crippen molar-refractivity contribution < 1.29 is 4.74 Å². The van der Waals surface area contributed by atoms with Crippen LogP contribution >= 0.6 is 37.4 Å². The van der Waals surface area contributed by atoms with E-state index in [0.717, 1.165) is 39.7 Å². The number of ether oxygens (including phenoxy) is 1. The highest BCUT2D eigenvalue weighted by atomic mass is 35.5. The third-order valence-corrected chi connectivity index (χ3v) is 5.34. The zero-order valence-electron chi connectivity index (χ0n) is 14.7. The van der Waals surface area contributed by atoms with E-state index in [1.165, 1.54) is 0 Å². The third kappa shape index (κ3) is 4.18. The smallest absolute Gasteiger partial charge is 0.154 e. The van der Waals surface area contributed by atoms with Crippen LogP contribution < -0.4 is 11.5 Å². The average molecular weight is 424 g/mol. The Morgan fingerprint density at radius 3 is 2.44 bits per heavy atom. The first-order valence-electron chi connectivity index (χ1n) is 8.43. The quantitative estimate of drug-likeness (QED) is 0.417. The van der Waals surface area contributed by atoms with Crippen LogP contribution in [0.15, 0.2) is 54.7 Å². The molecule has 3 aromatic rings. The van der Waals surface area contributed by atoms with Crippen LogP contribution in [0.25, 0.3) is 21.9 Å². The predicted octanol–water partition coefficient (Wildman–Crippen LogP) is 4.55. The molecule has 1 saturated heterocycles. The molecule has 4 rings (SSSR count). The zero-order chi connectivity index (χ0) is 17.4. The predicted molar refractivity (Wildman–Crippen MR) is 120 cm³/mol. The fourth-order valence-corrected chi connectivity index (χ4v) is 3.89. The molecule has 0 saturated carbocycles. The van der Waals surface area contributed by atoms with E-state index in [2.05, 4.69) is 17.1 Å². The van der Waals surface area contributed by atoms with Crippen molar-refractivity contribution >= 4 is 53.9 Å². The van der Waals surface area contributed by atoms with Gasteiger partial charge in [-0.15, -0.1) is 37.4 Å². The summed E-state index contributed by atoms with van der Waals surface area (Å²) in [5.41, 5.74) is 15.9. The van der Waals surface area contributed by atoms with E-state index in [4.69, 9.17) is 28.8 Å². The fourth-order valence-electron chi connectivity index (χ4n) is 3.43. The van der Waals surface area contributed by atoms with Crippen LogP contribution in [0.5, 0.6) is 0 Å². The van der Waals surface area contributed by atoms with E-state index in [0.29, 0.717) is 13.0 Å². The van der Waals surface area contributed by atoms with E-state index in [1.54, 1.807) is 0 Å². The maximum absolute atomic E-state index is 6.10. The van der Waals surface area contributed by atoms with E-state index in [9.17, 15) is 0 Å². The molecule has 1 aliphatic rings. The van der Waals surface area contributed by atoms with Crippen molar-refractivity contribution in [1.29, 1.82) is 0 Å². The van der Waals surface area contributed by atoms with Crippen LogP contribution in [0.2, 0.25) is 0 Å². The number of benzene rings is 2. The number of halogens is 2. The number of hydrogen-bond acceptors (Lipinski definition) is 5. The number of rotatable bonds is 2. The second kappa shape index (κ2) is 8.67. The second-order valence-electron chi connectivity index (χ2n) is 6.57. The monoisotopic (exact) mass is 423 g/mol. The maximum atomic E-state index is 6.10. The summed E-state index contributed by atoms with van der Waals surface area (Å²) in [6, 6.07) is 16.2. The highest BCUT2D eigenvalue weighted by molar-refractivity contribution is 7.81. The van der Waals surface area contributed by atoms with E-state index < -0.39 is 4.93 Å². The normalized spacial score (nSPS) is 21.9. The van der Waals surface area contributed by atoms with Crippen molar-refractivity contribution in [3.8, 4) is 11.1 Å². The molecule has 0 amide bonds. The Bertz CT molecular complexity index is 923. The Morgan fingerprint density at radius 2 is 1.78 bits per heavy atom. The minimum Gasteiger partial charge on any atom is -0.398 e. The number of nitrogens with zero attached hydrogens (tertiary/aromatic N) is 1. The van der Waals surface area contributed by atoms with Crippen molar-refractivity contribution in [2.45, 2.75) is 23.8 Å². The minimum absolute atomic E-state index is 0. The lowest BCUT2D eigenvalue weighted by Gasteiger charge is -2.35. The first kappa shape index (κ1) is 21.8. The zero-order valence-corrected chi connectivity index (χ0v) is 17.2. The molecule has 2 aromatic carbocycles. The molecule has 4 N–H and O–H groups in total. The lowest BCUT2D eigenvalue weighted by Crippen LogP contribution is -2.40. The highest BCUT2D eigenvalue weighted by Gasteiger charge is 2.35. The summed E-state index contributed by atoms with van der Waals surface area (Å²) in [6.07, 6.45) is 3.39. The molecule has 4 nitrogen and oxygen atoms in total. The van der Waals surface area contributed by atoms with Gasteiger partial charge in [0.25, 0.3) is 0 Å². The molecule has 0 radical (unpaired) electrons. The standard InChI is InChI=1S/C20H21N3OS.2ClH/c21-14-9-10-24-20(25,11-14)19-8-5-13(12-23-19)15-6-7-18(22)17-4-2-1-3-16(15)17;;/h1-8,12,14,25H,9-11,21-22H2;2*1H. The highest BCUT2D eigenvalue weighted by Crippen LogP contribution is 2.38. The molecular weight excluding hydrogens is 401 g/mol. The van der Waals surface area contributed by atoms with Crippen molar-refractivity contribution in [2.24, 2.45) is 5.73 Å². The number of pyridine rings is 1. The van der Waals surface area contributed by atoms with E-state index in [-0.39, 0.29) is 30.9 Å². The van der Waals surface area contributed by atoms with E-state index >= 15 is 0 Å². The molecule has 27 heavy (non-hydrogen) atoms. The number of anilines is 1. The van der Waals surface area contributed by atoms with Crippen molar-refractivity contribution in [3.63, 3.8) is 0 Å². The van der Waals surface area contributed by atoms with Crippen LogP contribution in [0.4, 0.5) is 5.69 Å². The molecule has 144 valence electrons. The van der Waals surface area contributed by atoms with Crippen LogP contribution in [-0.2, 0) is 9.67 Å². The van der Waals surface area contributed by atoms with Gasteiger partial charge in [0.2, 0.25) is 0 Å². The average Bonchev–Trinajstić information content (AvgIpc) is 2.62. The third-order valence-electron chi connectivity index (χ3n) is 4.80.